The Bertz CT molecular complexity index is 621. The summed E-state index contributed by atoms with van der Waals surface area (Å²) in [6.07, 6.45) is 0. The first-order valence-corrected chi connectivity index (χ1v) is 6.44. The van der Waals surface area contributed by atoms with E-state index >= 15 is 0 Å². The zero-order valence-corrected chi connectivity index (χ0v) is 11.6. The van der Waals surface area contributed by atoms with Gasteiger partial charge in [-0.25, -0.2) is 4.79 Å². The molecule has 1 unspecified atom stereocenters. The summed E-state index contributed by atoms with van der Waals surface area (Å²) >= 11 is 0. The Hall–Kier alpha value is -2.49. The van der Waals surface area contributed by atoms with E-state index in [9.17, 15) is 4.79 Å². The maximum absolute atomic E-state index is 11.1. The van der Waals surface area contributed by atoms with E-state index in [4.69, 9.17) is 10.8 Å². The number of nitrogens with two attached hydrogens (primary N) is 1. The highest BCUT2D eigenvalue weighted by Gasteiger charge is 2.13. The van der Waals surface area contributed by atoms with Crippen LogP contribution in [0.4, 0.5) is 11.4 Å². The van der Waals surface area contributed by atoms with Gasteiger partial charge < -0.3 is 16.2 Å². The van der Waals surface area contributed by atoms with Crippen LogP contribution in [-0.4, -0.2) is 11.1 Å². The summed E-state index contributed by atoms with van der Waals surface area (Å²) in [5.41, 5.74) is 9.23. The zero-order valence-electron chi connectivity index (χ0n) is 11.6. The number of aryl methyl sites for hydroxylation is 1. The van der Waals surface area contributed by atoms with Crippen LogP contribution in [0.15, 0.2) is 42.5 Å². The van der Waals surface area contributed by atoms with Gasteiger partial charge in [-0.1, -0.05) is 35.9 Å². The number of anilines is 2. The topological polar surface area (TPSA) is 75.3 Å². The number of carboxylic acid groups (broad SMARTS) is 1. The predicted octanol–water partition coefficient (Wildman–Crippen LogP) is 3.45. The largest absolute Gasteiger partial charge is 0.478 e. The second-order valence-corrected chi connectivity index (χ2v) is 4.85. The van der Waals surface area contributed by atoms with Crippen LogP contribution in [0.5, 0.6) is 0 Å². The Morgan fingerprint density at radius 2 is 1.85 bits per heavy atom. The van der Waals surface area contributed by atoms with Gasteiger partial charge in [0, 0.05) is 6.04 Å². The molecular formula is C16H18N2O2. The number of rotatable bonds is 4. The molecule has 0 heterocycles. The molecule has 0 aromatic heterocycles. The fourth-order valence-electron chi connectivity index (χ4n) is 2.05. The third-order valence-electron chi connectivity index (χ3n) is 3.29. The van der Waals surface area contributed by atoms with Crippen molar-refractivity contribution in [2.75, 3.05) is 11.1 Å². The van der Waals surface area contributed by atoms with Gasteiger partial charge in [0.25, 0.3) is 0 Å². The van der Waals surface area contributed by atoms with Crippen molar-refractivity contribution in [1.82, 2.24) is 0 Å². The van der Waals surface area contributed by atoms with Crippen molar-refractivity contribution in [3.63, 3.8) is 0 Å². The van der Waals surface area contributed by atoms with E-state index in [0.717, 1.165) is 5.56 Å². The Morgan fingerprint density at radius 3 is 2.45 bits per heavy atom. The van der Waals surface area contributed by atoms with E-state index in [2.05, 4.69) is 5.32 Å². The molecule has 104 valence electrons. The minimum Gasteiger partial charge on any atom is -0.478 e. The van der Waals surface area contributed by atoms with Gasteiger partial charge in [-0.15, -0.1) is 0 Å². The van der Waals surface area contributed by atoms with Crippen LogP contribution in [0.1, 0.15) is 34.5 Å². The molecule has 20 heavy (non-hydrogen) atoms. The molecule has 0 aliphatic heterocycles. The number of hydrogen-bond donors (Lipinski definition) is 3. The van der Waals surface area contributed by atoms with E-state index in [1.165, 1.54) is 11.6 Å². The van der Waals surface area contributed by atoms with E-state index in [1.54, 1.807) is 12.1 Å². The average molecular weight is 270 g/mol. The van der Waals surface area contributed by atoms with Gasteiger partial charge in [-0.2, -0.15) is 0 Å². The lowest BCUT2D eigenvalue weighted by Gasteiger charge is -2.18. The summed E-state index contributed by atoms with van der Waals surface area (Å²) < 4.78 is 0. The highest BCUT2D eigenvalue weighted by atomic mass is 16.4. The Labute approximate surface area is 118 Å². The van der Waals surface area contributed by atoms with Gasteiger partial charge >= 0.3 is 5.97 Å². The molecular weight excluding hydrogens is 252 g/mol. The monoisotopic (exact) mass is 270 g/mol. The molecule has 4 N–H and O–H groups in total. The number of hydrogen-bond acceptors (Lipinski definition) is 3. The fourth-order valence-corrected chi connectivity index (χ4v) is 2.05. The molecule has 2 rings (SSSR count). The first-order valence-electron chi connectivity index (χ1n) is 6.44. The van der Waals surface area contributed by atoms with Gasteiger partial charge in [-0.3, -0.25) is 0 Å². The van der Waals surface area contributed by atoms with Crippen LogP contribution in [0, 0.1) is 6.92 Å². The number of aromatic carboxylic acids is 1. The van der Waals surface area contributed by atoms with Gasteiger partial charge in [0.1, 0.15) is 0 Å². The SMILES string of the molecule is Cc1ccc(C(C)Nc2cccc(C(=O)O)c2N)cc1. The van der Waals surface area contributed by atoms with Crippen LogP contribution in [0.2, 0.25) is 0 Å². The number of carbonyl (C=O) groups is 1. The Balaban J connectivity index is 2.23. The minimum absolute atomic E-state index is 0.0435. The summed E-state index contributed by atoms with van der Waals surface area (Å²) in [7, 11) is 0. The van der Waals surface area contributed by atoms with Crippen molar-refractivity contribution < 1.29 is 9.90 Å². The van der Waals surface area contributed by atoms with Crippen molar-refractivity contribution in [2.45, 2.75) is 19.9 Å². The number of nitrogen functional groups attached to an aromatic ring is 1. The summed E-state index contributed by atoms with van der Waals surface area (Å²) in [6, 6.07) is 13.2. The molecule has 0 amide bonds. The fraction of sp³-hybridized carbons (Fsp3) is 0.188. The molecule has 0 aliphatic carbocycles. The first kappa shape index (κ1) is 13.9. The molecule has 4 heteroatoms. The van der Waals surface area contributed by atoms with Gasteiger partial charge in [0.05, 0.1) is 16.9 Å². The van der Waals surface area contributed by atoms with E-state index in [-0.39, 0.29) is 17.3 Å². The molecule has 4 nitrogen and oxygen atoms in total. The smallest absolute Gasteiger partial charge is 0.337 e. The summed E-state index contributed by atoms with van der Waals surface area (Å²) in [6.45, 7) is 4.05. The first-order chi connectivity index (χ1) is 9.49. The second-order valence-electron chi connectivity index (χ2n) is 4.85. The van der Waals surface area contributed by atoms with E-state index in [1.807, 2.05) is 38.1 Å². The number of benzene rings is 2. The van der Waals surface area contributed by atoms with Crippen LogP contribution in [-0.2, 0) is 0 Å². The van der Waals surface area contributed by atoms with Crippen molar-refractivity contribution >= 4 is 17.3 Å². The number of carboxylic acids is 1. The standard InChI is InChI=1S/C16H18N2O2/c1-10-6-8-12(9-7-10)11(2)18-14-5-3-4-13(15(14)17)16(19)20/h3-9,11,18H,17H2,1-2H3,(H,19,20). The Kier molecular flexibility index (Phi) is 3.94. The van der Waals surface area contributed by atoms with Crippen LogP contribution in [0.25, 0.3) is 0 Å². The van der Waals surface area contributed by atoms with Gasteiger partial charge in [0.2, 0.25) is 0 Å². The molecule has 0 radical (unpaired) electrons. The zero-order chi connectivity index (χ0) is 14.7. The lowest BCUT2D eigenvalue weighted by atomic mass is 10.1. The molecule has 1 atom stereocenters. The third kappa shape index (κ3) is 2.91. The highest BCUT2D eigenvalue weighted by Crippen LogP contribution is 2.27. The molecule has 0 saturated heterocycles. The van der Waals surface area contributed by atoms with Crippen molar-refractivity contribution in [3.8, 4) is 0 Å². The molecule has 0 bridgehead atoms. The van der Waals surface area contributed by atoms with Crippen LogP contribution >= 0.6 is 0 Å². The summed E-state index contributed by atoms with van der Waals surface area (Å²) in [5, 5.41) is 12.3. The molecule has 2 aromatic carbocycles. The Morgan fingerprint density at radius 1 is 1.20 bits per heavy atom. The number of nitrogens with one attached hydrogen (secondary N) is 1. The van der Waals surface area contributed by atoms with Crippen molar-refractivity contribution in [2.24, 2.45) is 0 Å². The van der Waals surface area contributed by atoms with E-state index < -0.39 is 5.97 Å². The molecule has 0 spiro atoms. The quantitative estimate of drug-likeness (QED) is 0.744. The van der Waals surface area contributed by atoms with Gasteiger partial charge in [-0.05, 0) is 31.5 Å². The molecule has 0 fully saturated rings. The average Bonchev–Trinajstić information content (AvgIpc) is 2.41. The summed E-state index contributed by atoms with van der Waals surface area (Å²) in [5.74, 6) is -1.02. The maximum Gasteiger partial charge on any atom is 0.337 e. The third-order valence-corrected chi connectivity index (χ3v) is 3.29. The molecule has 0 saturated carbocycles. The molecule has 2 aromatic rings. The van der Waals surface area contributed by atoms with Crippen molar-refractivity contribution in [3.05, 3.63) is 59.2 Å². The summed E-state index contributed by atoms with van der Waals surface area (Å²) in [4.78, 5) is 11.1. The predicted molar refractivity (Wildman–Crippen MR) is 81.0 cm³/mol. The second kappa shape index (κ2) is 5.65. The lowest BCUT2D eigenvalue weighted by Crippen LogP contribution is -2.11. The minimum atomic E-state index is -1.02. The maximum atomic E-state index is 11.1. The lowest BCUT2D eigenvalue weighted by molar-refractivity contribution is 0.0698. The van der Waals surface area contributed by atoms with Crippen molar-refractivity contribution in [1.29, 1.82) is 0 Å². The van der Waals surface area contributed by atoms with Crippen LogP contribution < -0.4 is 11.1 Å². The normalized spacial score (nSPS) is 11.9. The van der Waals surface area contributed by atoms with Crippen LogP contribution in [0.3, 0.4) is 0 Å². The van der Waals surface area contributed by atoms with Gasteiger partial charge in [0.15, 0.2) is 0 Å². The molecule has 0 aliphatic rings. The number of para-hydroxylation sites is 1. The van der Waals surface area contributed by atoms with E-state index in [0.29, 0.717) is 5.69 Å². The highest BCUT2D eigenvalue weighted by molar-refractivity contribution is 5.97.